The first-order chi connectivity index (χ1) is 15.4. The molecule has 0 saturated carbocycles. The Bertz CT molecular complexity index is 1060. The molecule has 7 heteroatoms. The summed E-state index contributed by atoms with van der Waals surface area (Å²) in [7, 11) is 0. The van der Waals surface area contributed by atoms with Crippen LogP contribution in [0, 0.1) is 0 Å². The fraction of sp³-hybridized carbons (Fsp3) is 0.160. The van der Waals surface area contributed by atoms with Crippen LogP contribution in [0.4, 0.5) is 5.69 Å². The zero-order valence-electron chi connectivity index (χ0n) is 17.6. The van der Waals surface area contributed by atoms with Gasteiger partial charge in [0.15, 0.2) is 0 Å². The standard InChI is InChI=1S/C25H24N2O5/c1-17(28)26-21-11-9-20(10-12-21)24(29)27-23(25(30)31)15-18-7-13-22(14-8-18)32-16-19-5-3-2-4-6-19/h2-14,23H,15-16H2,1H3,(H,26,28)(H,27,29)(H,30,31)/t23-/m1/s1. The maximum Gasteiger partial charge on any atom is 0.326 e. The lowest BCUT2D eigenvalue weighted by atomic mass is 10.0. The summed E-state index contributed by atoms with van der Waals surface area (Å²) in [5, 5.41) is 14.7. The largest absolute Gasteiger partial charge is 0.489 e. The predicted octanol–water partition coefficient (Wildman–Crippen LogP) is 3.65. The highest BCUT2D eigenvalue weighted by Crippen LogP contribution is 2.16. The van der Waals surface area contributed by atoms with Crippen molar-refractivity contribution in [2.24, 2.45) is 0 Å². The molecule has 164 valence electrons. The number of carbonyl (C=O) groups excluding carboxylic acids is 2. The SMILES string of the molecule is CC(=O)Nc1ccc(C(=O)N[C@H](Cc2ccc(OCc3ccccc3)cc2)C(=O)O)cc1. The number of hydrogen-bond acceptors (Lipinski definition) is 4. The van der Waals surface area contributed by atoms with Crippen LogP contribution in [-0.2, 0) is 22.6 Å². The van der Waals surface area contributed by atoms with E-state index in [1.165, 1.54) is 19.1 Å². The molecule has 0 aliphatic heterocycles. The molecule has 1 atom stereocenters. The van der Waals surface area contributed by atoms with Gasteiger partial charge in [0.2, 0.25) is 5.91 Å². The average molecular weight is 432 g/mol. The number of carboxylic acid groups (broad SMARTS) is 1. The number of amides is 2. The van der Waals surface area contributed by atoms with Gasteiger partial charge in [-0.05, 0) is 47.5 Å². The van der Waals surface area contributed by atoms with E-state index in [1.54, 1.807) is 36.4 Å². The number of hydrogen-bond donors (Lipinski definition) is 3. The molecule has 32 heavy (non-hydrogen) atoms. The lowest BCUT2D eigenvalue weighted by Gasteiger charge is -2.15. The Balaban J connectivity index is 1.58. The Labute approximate surface area is 186 Å². The van der Waals surface area contributed by atoms with Gasteiger partial charge >= 0.3 is 5.97 Å². The second kappa shape index (κ2) is 10.8. The highest BCUT2D eigenvalue weighted by atomic mass is 16.5. The van der Waals surface area contributed by atoms with Crippen LogP contribution in [0.1, 0.15) is 28.4 Å². The minimum atomic E-state index is -1.13. The topological polar surface area (TPSA) is 105 Å². The summed E-state index contributed by atoms with van der Waals surface area (Å²) >= 11 is 0. The normalized spacial score (nSPS) is 11.3. The number of aliphatic carboxylic acids is 1. The maximum absolute atomic E-state index is 12.5. The van der Waals surface area contributed by atoms with Crippen molar-refractivity contribution in [2.45, 2.75) is 26.0 Å². The van der Waals surface area contributed by atoms with Gasteiger partial charge in [-0.2, -0.15) is 0 Å². The van der Waals surface area contributed by atoms with Crippen LogP contribution in [-0.4, -0.2) is 28.9 Å². The second-order valence-electron chi connectivity index (χ2n) is 7.25. The molecule has 2 amide bonds. The Morgan fingerprint density at radius 3 is 2.12 bits per heavy atom. The highest BCUT2D eigenvalue weighted by molar-refractivity contribution is 5.97. The lowest BCUT2D eigenvalue weighted by molar-refractivity contribution is -0.139. The average Bonchev–Trinajstić information content (AvgIpc) is 2.79. The summed E-state index contributed by atoms with van der Waals surface area (Å²) in [6.45, 7) is 1.83. The number of carbonyl (C=O) groups is 3. The third-order valence-electron chi connectivity index (χ3n) is 4.68. The van der Waals surface area contributed by atoms with Crippen LogP contribution >= 0.6 is 0 Å². The minimum Gasteiger partial charge on any atom is -0.489 e. The summed E-state index contributed by atoms with van der Waals surface area (Å²) < 4.78 is 5.74. The van der Waals surface area contributed by atoms with Gasteiger partial charge in [-0.3, -0.25) is 9.59 Å². The number of benzene rings is 3. The smallest absolute Gasteiger partial charge is 0.326 e. The lowest BCUT2D eigenvalue weighted by Crippen LogP contribution is -2.42. The third kappa shape index (κ3) is 6.70. The van der Waals surface area contributed by atoms with Crippen molar-refractivity contribution in [1.29, 1.82) is 0 Å². The molecular weight excluding hydrogens is 408 g/mol. The van der Waals surface area contributed by atoms with E-state index in [1.807, 2.05) is 30.3 Å². The molecule has 0 spiro atoms. The van der Waals surface area contributed by atoms with E-state index in [-0.39, 0.29) is 12.3 Å². The zero-order valence-corrected chi connectivity index (χ0v) is 17.6. The monoisotopic (exact) mass is 432 g/mol. The quantitative estimate of drug-likeness (QED) is 0.479. The van der Waals surface area contributed by atoms with Crippen LogP contribution in [0.2, 0.25) is 0 Å². The molecule has 3 N–H and O–H groups in total. The first-order valence-electron chi connectivity index (χ1n) is 10.1. The molecular formula is C25H24N2O5. The second-order valence-corrected chi connectivity index (χ2v) is 7.25. The molecule has 0 aliphatic carbocycles. The van der Waals surface area contributed by atoms with Crippen LogP contribution in [0.15, 0.2) is 78.9 Å². The third-order valence-corrected chi connectivity index (χ3v) is 4.68. The van der Waals surface area contributed by atoms with E-state index in [9.17, 15) is 19.5 Å². The summed E-state index contributed by atoms with van der Waals surface area (Å²) in [6, 6.07) is 22.0. The van der Waals surface area contributed by atoms with Gasteiger partial charge in [-0.25, -0.2) is 4.79 Å². The molecule has 0 saturated heterocycles. The Kier molecular flexibility index (Phi) is 7.59. The molecule has 0 aromatic heterocycles. The Hall–Kier alpha value is -4.13. The van der Waals surface area contributed by atoms with Crippen LogP contribution in [0.25, 0.3) is 0 Å². The number of nitrogens with one attached hydrogen (secondary N) is 2. The van der Waals surface area contributed by atoms with Gasteiger partial charge in [-0.1, -0.05) is 42.5 Å². The number of anilines is 1. The van der Waals surface area contributed by atoms with Crippen molar-refractivity contribution in [3.05, 3.63) is 95.6 Å². The molecule has 0 heterocycles. The number of rotatable bonds is 9. The van der Waals surface area contributed by atoms with Gasteiger partial charge in [0.05, 0.1) is 0 Å². The van der Waals surface area contributed by atoms with Crippen molar-refractivity contribution in [1.82, 2.24) is 5.32 Å². The Morgan fingerprint density at radius 1 is 0.875 bits per heavy atom. The number of ether oxygens (including phenoxy) is 1. The van der Waals surface area contributed by atoms with E-state index in [0.717, 1.165) is 11.1 Å². The molecule has 7 nitrogen and oxygen atoms in total. The van der Waals surface area contributed by atoms with Crippen LogP contribution < -0.4 is 15.4 Å². The zero-order chi connectivity index (χ0) is 22.9. The summed E-state index contributed by atoms with van der Waals surface area (Å²) in [5.41, 5.74) is 2.66. The van der Waals surface area contributed by atoms with E-state index >= 15 is 0 Å². The van der Waals surface area contributed by atoms with Crippen LogP contribution in [0.3, 0.4) is 0 Å². The van der Waals surface area contributed by atoms with Gasteiger partial charge in [0, 0.05) is 24.6 Å². The molecule has 0 fully saturated rings. The Morgan fingerprint density at radius 2 is 1.53 bits per heavy atom. The summed E-state index contributed by atoms with van der Waals surface area (Å²) in [5.74, 6) is -1.18. The first kappa shape index (κ1) is 22.6. The fourth-order valence-corrected chi connectivity index (χ4v) is 3.05. The molecule has 0 aliphatic rings. The molecule has 3 aromatic rings. The first-order valence-corrected chi connectivity index (χ1v) is 10.1. The molecule has 3 rings (SSSR count). The van der Waals surface area contributed by atoms with Gasteiger partial charge < -0.3 is 20.5 Å². The van der Waals surface area contributed by atoms with Gasteiger partial charge in [-0.15, -0.1) is 0 Å². The summed E-state index contributed by atoms with van der Waals surface area (Å²) in [4.78, 5) is 35.2. The van der Waals surface area contributed by atoms with Crippen molar-refractivity contribution in [3.8, 4) is 5.75 Å². The van der Waals surface area contributed by atoms with E-state index < -0.39 is 17.9 Å². The van der Waals surface area contributed by atoms with E-state index in [2.05, 4.69) is 10.6 Å². The van der Waals surface area contributed by atoms with Gasteiger partial charge in [0.1, 0.15) is 18.4 Å². The van der Waals surface area contributed by atoms with Crippen LogP contribution in [0.5, 0.6) is 5.75 Å². The van der Waals surface area contributed by atoms with Gasteiger partial charge in [0.25, 0.3) is 5.91 Å². The van der Waals surface area contributed by atoms with E-state index in [0.29, 0.717) is 23.6 Å². The molecule has 0 bridgehead atoms. The van der Waals surface area contributed by atoms with Crippen molar-refractivity contribution < 1.29 is 24.2 Å². The van der Waals surface area contributed by atoms with Crippen molar-refractivity contribution >= 4 is 23.5 Å². The van der Waals surface area contributed by atoms with Crippen molar-refractivity contribution in [2.75, 3.05) is 5.32 Å². The fourth-order valence-electron chi connectivity index (χ4n) is 3.05. The van der Waals surface area contributed by atoms with Crippen molar-refractivity contribution in [3.63, 3.8) is 0 Å². The summed E-state index contributed by atoms with van der Waals surface area (Å²) in [6.07, 6.45) is 0.129. The minimum absolute atomic E-state index is 0.129. The molecule has 0 radical (unpaired) electrons. The molecule has 3 aromatic carbocycles. The number of carboxylic acids is 1. The molecule has 0 unspecified atom stereocenters. The highest BCUT2D eigenvalue weighted by Gasteiger charge is 2.21. The predicted molar refractivity (Wildman–Crippen MR) is 121 cm³/mol. The maximum atomic E-state index is 12.5. The van der Waals surface area contributed by atoms with E-state index in [4.69, 9.17) is 4.74 Å².